The second-order valence-electron chi connectivity index (χ2n) is 3.71. The number of benzene rings is 1. The lowest BCUT2D eigenvalue weighted by Crippen LogP contribution is -1.94. The summed E-state index contributed by atoms with van der Waals surface area (Å²) in [6.07, 6.45) is 1.41. The van der Waals surface area contributed by atoms with Gasteiger partial charge in [-0.1, -0.05) is 29.8 Å². The lowest BCUT2D eigenvalue weighted by molar-refractivity contribution is 1.05. The van der Waals surface area contributed by atoms with E-state index in [0.717, 1.165) is 15.9 Å². The van der Waals surface area contributed by atoms with E-state index >= 15 is 0 Å². The highest BCUT2D eigenvalue weighted by Crippen LogP contribution is 2.33. The van der Waals surface area contributed by atoms with E-state index in [4.69, 9.17) is 17.3 Å². The lowest BCUT2D eigenvalue weighted by Gasteiger charge is -2.02. The number of rotatable bonds is 2. The quantitative estimate of drug-likeness (QED) is 0.705. The van der Waals surface area contributed by atoms with Crippen LogP contribution in [-0.4, -0.2) is 15.0 Å². The number of para-hydroxylation sites is 1. The Balaban J connectivity index is 1.99. The van der Waals surface area contributed by atoms with E-state index in [2.05, 4.69) is 21.0 Å². The van der Waals surface area contributed by atoms with Crippen molar-refractivity contribution < 1.29 is 0 Å². The third kappa shape index (κ3) is 2.02. The van der Waals surface area contributed by atoms with Crippen molar-refractivity contribution in [3.8, 4) is 0 Å². The number of anilines is 1. The summed E-state index contributed by atoms with van der Waals surface area (Å²) in [7, 11) is 0. The van der Waals surface area contributed by atoms with Crippen LogP contribution in [0.3, 0.4) is 0 Å². The first-order chi connectivity index (χ1) is 8.74. The molecule has 0 spiro atoms. The Bertz CT molecular complexity index is 677. The highest BCUT2D eigenvalue weighted by Gasteiger charge is 2.09. The number of hydrogen-bond acceptors (Lipinski definition) is 4. The van der Waals surface area contributed by atoms with Gasteiger partial charge in [0.1, 0.15) is 17.0 Å². The summed E-state index contributed by atoms with van der Waals surface area (Å²) in [4.78, 5) is 11.3. The molecule has 0 saturated heterocycles. The standard InChI is InChI=1S/C12H9ClN4S/c13-11-10(14)12(16-6-15-11)18-9-5-7-3-1-2-4-8(7)17-9/h1-6,17H,14H2. The van der Waals surface area contributed by atoms with Gasteiger partial charge in [0.25, 0.3) is 0 Å². The van der Waals surface area contributed by atoms with E-state index in [0.29, 0.717) is 10.7 Å². The lowest BCUT2D eigenvalue weighted by atomic mass is 10.3. The first kappa shape index (κ1) is 11.4. The molecule has 1 aromatic carbocycles. The van der Waals surface area contributed by atoms with Crippen molar-refractivity contribution >= 4 is 40.0 Å². The minimum Gasteiger partial charge on any atom is -0.394 e. The normalized spacial score (nSPS) is 10.9. The summed E-state index contributed by atoms with van der Waals surface area (Å²) in [5, 5.41) is 3.06. The van der Waals surface area contributed by atoms with Crippen LogP contribution >= 0.6 is 23.4 Å². The van der Waals surface area contributed by atoms with Gasteiger partial charge in [-0.05, 0) is 23.9 Å². The van der Waals surface area contributed by atoms with Crippen molar-refractivity contribution in [3.05, 3.63) is 41.8 Å². The molecule has 3 aromatic rings. The molecule has 3 rings (SSSR count). The Labute approximate surface area is 113 Å². The number of hydrogen-bond donors (Lipinski definition) is 2. The van der Waals surface area contributed by atoms with Crippen LogP contribution in [0.15, 0.2) is 46.7 Å². The summed E-state index contributed by atoms with van der Waals surface area (Å²) in [5.74, 6) is 0. The van der Waals surface area contributed by atoms with E-state index in [1.54, 1.807) is 0 Å². The Kier molecular flexibility index (Phi) is 2.85. The predicted molar refractivity (Wildman–Crippen MR) is 73.9 cm³/mol. The molecule has 0 aliphatic rings. The molecule has 2 heterocycles. The van der Waals surface area contributed by atoms with Crippen LogP contribution < -0.4 is 5.73 Å². The van der Waals surface area contributed by atoms with Gasteiger partial charge in [-0.3, -0.25) is 0 Å². The zero-order valence-corrected chi connectivity index (χ0v) is 10.8. The highest BCUT2D eigenvalue weighted by molar-refractivity contribution is 7.99. The van der Waals surface area contributed by atoms with E-state index in [1.807, 2.05) is 24.3 Å². The number of fused-ring (bicyclic) bond motifs is 1. The molecule has 0 fully saturated rings. The molecule has 0 unspecified atom stereocenters. The van der Waals surface area contributed by atoms with Crippen molar-refractivity contribution in [2.24, 2.45) is 0 Å². The molecule has 0 saturated carbocycles. The predicted octanol–water partition coefficient (Wildman–Crippen LogP) is 3.34. The minimum absolute atomic E-state index is 0.281. The van der Waals surface area contributed by atoms with Crippen molar-refractivity contribution in [1.82, 2.24) is 15.0 Å². The molecule has 0 aliphatic carbocycles. The van der Waals surface area contributed by atoms with Crippen LogP contribution in [-0.2, 0) is 0 Å². The molecule has 0 atom stereocenters. The van der Waals surface area contributed by atoms with Gasteiger partial charge in [-0.2, -0.15) is 0 Å². The van der Waals surface area contributed by atoms with Gasteiger partial charge in [-0.25, -0.2) is 9.97 Å². The van der Waals surface area contributed by atoms with Gasteiger partial charge < -0.3 is 10.7 Å². The average molecular weight is 277 g/mol. The monoisotopic (exact) mass is 276 g/mol. The zero-order chi connectivity index (χ0) is 12.5. The number of aromatic nitrogens is 3. The van der Waals surface area contributed by atoms with Crippen LogP contribution in [0, 0.1) is 0 Å². The molecule has 0 radical (unpaired) electrons. The Hall–Kier alpha value is -1.72. The van der Waals surface area contributed by atoms with Gasteiger partial charge in [0, 0.05) is 10.9 Å². The van der Waals surface area contributed by atoms with Crippen LogP contribution in [0.1, 0.15) is 0 Å². The number of nitrogens with one attached hydrogen (secondary N) is 1. The Morgan fingerprint density at radius 3 is 2.89 bits per heavy atom. The maximum atomic E-state index is 5.86. The van der Waals surface area contributed by atoms with E-state index in [9.17, 15) is 0 Å². The third-order valence-electron chi connectivity index (χ3n) is 2.51. The Morgan fingerprint density at radius 1 is 1.22 bits per heavy atom. The van der Waals surface area contributed by atoms with Crippen molar-refractivity contribution in [1.29, 1.82) is 0 Å². The van der Waals surface area contributed by atoms with E-state index in [-0.39, 0.29) is 5.15 Å². The molecule has 6 heteroatoms. The number of nitrogens with zero attached hydrogens (tertiary/aromatic N) is 2. The van der Waals surface area contributed by atoms with Gasteiger partial charge in [0.05, 0.1) is 5.03 Å². The molecule has 3 N–H and O–H groups in total. The molecular weight excluding hydrogens is 268 g/mol. The first-order valence-electron chi connectivity index (χ1n) is 5.25. The Morgan fingerprint density at radius 2 is 2.06 bits per heavy atom. The molecule has 2 aromatic heterocycles. The largest absolute Gasteiger partial charge is 0.394 e. The van der Waals surface area contributed by atoms with Gasteiger partial charge in [0.2, 0.25) is 0 Å². The second-order valence-corrected chi connectivity index (χ2v) is 5.09. The van der Waals surface area contributed by atoms with Gasteiger partial charge in [0.15, 0.2) is 5.15 Å². The van der Waals surface area contributed by atoms with E-state index in [1.165, 1.54) is 18.1 Å². The number of halogens is 1. The van der Waals surface area contributed by atoms with Crippen molar-refractivity contribution in [2.45, 2.75) is 10.1 Å². The van der Waals surface area contributed by atoms with Gasteiger partial charge in [-0.15, -0.1) is 0 Å². The molecule has 0 amide bonds. The molecule has 0 aliphatic heterocycles. The fourth-order valence-corrected chi connectivity index (χ4v) is 2.70. The van der Waals surface area contributed by atoms with Gasteiger partial charge >= 0.3 is 0 Å². The fourth-order valence-electron chi connectivity index (χ4n) is 1.65. The SMILES string of the molecule is Nc1c(Cl)ncnc1Sc1cc2ccccc2[nH]1. The van der Waals surface area contributed by atoms with Crippen LogP contribution in [0.5, 0.6) is 0 Å². The van der Waals surface area contributed by atoms with Crippen LogP contribution in [0.25, 0.3) is 10.9 Å². The third-order valence-corrected chi connectivity index (χ3v) is 3.77. The fraction of sp³-hybridized carbons (Fsp3) is 0. The summed E-state index contributed by atoms with van der Waals surface area (Å²) < 4.78 is 0. The molecular formula is C12H9ClN4S. The number of H-pyrrole nitrogens is 1. The summed E-state index contributed by atoms with van der Waals surface area (Å²) in [6, 6.07) is 10.1. The highest BCUT2D eigenvalue weighted by atomic mass is 35.5. The van der Waals surface area contributed by atoms with E-state index < -0.39 is 0 Å². The van der Waals surface area contributed by atoms with Crippen LogP contribution in [0.2, 0.25) is 5.15 Å². The van der Waals surface area contributed by atoms with Crippen molar-refractivity contribution in [2.75, 3.05) is 5.73 Å². The number of nitrogen functional groups attached to an aromatic ring is 1. The minimum atomic E-state index is 0.281. The summed E-state index contributed by atoms with van der Waals surface area (Å²) in [5.41, 5.74) is 7.32. The summed E-state index contributed by atoms with van der Waals surface area (Å²) in [6.45, 7) is 0. The zero-order valence-electron chi connectivity index (χ0n) is 9.22. The second kappa shape index (κ2) is 4.51. The molecule has 4 nitrogen and oxygen atoms in total. The number of aromatic amines is 1. The van der Waals surface area contributed by atoms with Crippen LogP contribution in [0.4, 0.5) is 5.69 Å². The topological polar surface area (TPSA) is 67.6 Å². The summed E-state index contributed by atoms with van der Waals surface area (Å²) >= 11 is 7.30. The molecule has 90 valence electrons. The number of nitrogens with two attached hydrogens (primary N) is 1. The first-order valence-corrected chi connectivity index (χ1v) is 6.45. The molecule has 18 heavy (non-hydrogen) atoms. The maximum Gasteiger partial charge on any atom is 0.156 e. The molecule has 0 bridgehead atoms. The van der Waals surface area contributed by atoms with Crippen molar-refractivity contribution in [3.63, 3.8) is 0 Å². The maximum absolute atomic E-state index is 5.86. The average Bonchev–Trinajstić information content (AvgIpc) is 2.77. The smallest absolute Gasteiger partial charge is 0.156 e.